The van der Waals surface area contributed by atoms with Crippen molar-refractivity contribution < 1.29 is 4.74 Å². The van der Waals surface area contributed by atoms with Crippen molar-refractivity contribution in [1.29, 1.82) is 0 Å². The predicted molar refractivity (Wildman–Crippen MR) is 73.4 cm³/mol. The van der Waals surface area contributed by atoms with E-state index in [2.05, 4.69) is 51.8 Å². The Bertz CT molecular complexity index is 233. The van der Waals surface area contributed by atoms with Gasteiger partial charge in [-0.05, 0) is 26.2 Å². The zero-order valence-electron chi connectivity index (χ0n) is 12.5. The SMILES string of the molecule is CCOCCN1CC(C(C)(C)C)NCC1(C)C. The molecule has 1 N–H and O–H groups in total. The summed E-state index contributed by atoms with van der Waals surface area (Å²) >= 11 is 0. The van der Waals surface area contributed by atoms with Crippen molar-refractivity contribution in [2.45, 2.75) is 53.1 Å². The van der Waals surface area contributed by atoms with E-state index in [4.69, 9.17) is 4.74 Å². The summed E-state index contributed by atoms with van der Waals surface area (Å²) in [6.45, 7) is 18.5. The third-order valence-corrected chi connectivity index (χ3v) is 3.80. The lowest BCUT2D eigenvalue weighted by Gasteiger charge is -2.49. The third kappa shape index (κ3) is 4.23. The average Bonchev–Trinajstić information content (AvgIpc) is 2.18. The minimum Gasteiger partial charge on any atom is -0.380 e. The summed E-state index contributed by atoms with van der Waals surface area (Å²) in [7, 11) is 0. The topological polar surface area (TPSA) is 24.5 Å². The first-order chi connectivity index (χ1) is 7.77. The van der Waals surface area contributed by atoms with Crippen LogP contribution in [0.5, 0.6) is 0 Å². The van der Waals surface area contributed by atoms with Gasteiger partial charge in [-0.3, -0.25) is 4.90 Å². The smallest absolute Gasteiger partial charge is 0.0593 e. The second-order valence-electron chi connectivity index (χ2n) is 6.75. The van der Waals surface area contributed by atoms with Gasteiger partial charge in [0.05, 0.1) is 6.61 Å². The molecular formula is C14H30N2O. The fourth-order valence-corrected chi connectivity index (χ4v) is 2.31. The zero-order chi connectivity index (χ0) is 13.1. The summed E-state index contributed by atoms with van der Waals surface area (Å²) in [5.41, 5.74) is 0.555. The van der Waals surface area contributed by atoms with Gasteiger partial charge >= 0.3 is 0 Å². The van der Waals surface area contributed by atoms with Crippen LogP contribution < -0.4 is 5.32 Å². The van der Waals surface area contributed by atoms with Gasteiger partial charge in [0.15, 0.2) is 0 Å². The molecule has 0 bridgehead atoms. The van der Waals surface area contributed by atoms with Gasteiger partial charge in [0.2, 0.25) is 0 Å². The van der Waals surface area contributed by atoms with Crippen LogP contribution in [0.4, 0.5) is 0 Å². The van der Waals surface area contributed by atoms with Gasteiger partial charge < -0.3 is 10.1 Å². The van der Waals surface area contributed by atoms with E-state index >= 15 is 0 Å². The number of hydrogen-bond donors (Lipinski definition) is 1. The number of nitrogens with zero attached hydrogens (tertiary/aromatic N) is 1. The minimum atomic E-state index is 0.235. The lowest BCUT2D eigenvalue weighted by atomic mass is 9.83. The van der Waals surface area contributed by atoms with E-state index in [0.717, 1.165) is 32.8 Å². The number of rotatable bonds is 4. The monoisotopic (exact) mass is 242 g/mol. The second kappa shape index (κ2) is 5.68. The highest BCUT2D eigenvalue weighted by Crippen LogP contribution is 2.27. The first-order valence-corrected chi connectivity index (χ1v) is 6.83. The van der Waals surface area contributed by atoms with Crippen LogP contribution in [0.2, 0.25) is 0 Å². The zero-order valence-corrected chi connectivity index (χ0v) is 12.5. The first kappa shape index (κ1) is 14.9. The van der Waals surface area contributed by atoms with Crippen LogP contribution in [0.25, 0.3) is 0 Å². The molecule has 3 heteroatoms. The van der Waals surface area contributed by atoms with Crippen LogP contribution in [-0.2, 0) is 4.74 Å². The molecule has 1 aliphatic rings. The van der Waals surface area contributed by atoms with E-state index in [1.807, 2.05) is 0 Å². The molecule has 0 aliphatic carbocycles. The summed E-state index contributed by atoms with van der Waals surface area (Å²) in [6, 6.07) is 0.567. The minimum absolute atomic E-state index is 0.235. The van der Waals surface area contributed by atoms with Gasteiger partial charge in [-0.2, -0.15) is 0 Å². The standard InChI is InChI=1S/C14H30N2O/c1-7-17-9-8-16-10-12(13(2,3)4)15-11-14(16,5)6/h12,15H,7-11H2,1-6H3. The molecule has 1 heterocycles. The Labute approximate surface area is 107 Å². The van der Waals surface area contributed by atoms with E-state index < -0.39 is 0 Å². The molecule has 0 aromatic heterocycles. The van der Waals surface area contributed by atoms with E-state index in [9.17, 15) is 0 Å². The molecule has 1 rings (SSSR count). The van der Waals surface area contributed by atoms with Gasteiger partial charge in [-0.1, -0.05) is 20.8 Å². The molecule has 0 amide bonds. The van der Waals surface area contributed by atoms with Crippen molar-refractivity contribution in [1.82, 2.24) is 10.2 Å². The van der Waals surface area contributed by atoms with Gasteiger partial charge in [0.1, 0.15) is 0 Å². The Kier molecular flexibility index (Phi) is 4.99. The molecule has 3 nitrogen and oxygen atoms in total. The van der Waals surface area contributed by atoms with Gasteiger partial charge in [0, 0.05) is 37.8 Å². The van der Waals surface area contributed by atoms with Crippen molar-refractivity contribution in [2.24, 2.45) is 5.41 Å². The van der Waals surface area contributed by atoms with Crippen molar-refractivity contribution >= 4 is 0 Å². The van der Waals surface area contributed by atoms with Crippen LogP contribution in [0.15, 0.2) is 0 Å². The lowest BCUT2D eigenvalue weighted by Crippen LogP contribution is -2.65. The molecule has 0 aromatic carbocycles. The Morgan fingerprint density at radius 1 is 1.35 bits per heavy atom. The molecule has 17 heavy (non-hydrogen) atoms. The summed E-state index contributed by atoms with van der Waals surface area (Å²) < 4.78 is 5.49. The van der Waals surface area contributed by atoms with Crippen LogP contribution in [-0.4, -0.2) is 49.3 Å². The van der Waals surface area contributed by atoms with Crippen LogP contribution >= 0.6 is 0 Å². The van der Waals surface area contributed by atoms with Crippen molar-refractivity contribution in [3.63, 3.8) is 0 Å². The Balaban J connectivity index is 2.56. The van der Waals surface area contributed by atoms with E-state index in [1.54, 1.807) is 0 Å². The maximum Gasteiger partial charge on any atom is 0.0593 e. The molecule has 0 spiro atoms. The van der Waals surface area contributed by atoms with Crippen molar-refractivity contribution in [3.8, 4) is 0 Å². The van der Waals surface area contributed by atoms with E-state index in [-0.39, 0.29) is 5.54 Å². The summed E-state index contributed by atoms with van der Waals surface area (Å²) in [4.78, 5) is 2.56. The fraction of sp³-hybridized carbons (Fsp3) is 1.00. The normalized spacial score (nSPS) is 26.1. The quantitative estimate of drug-likeness (QED) is 0.764. The summed E-state index contributed by atoms with van der Waals surface area (Å²) in [6.07, 6.45) is 0. The summed E-state index contributed by atoms with van der Waals surface area (Å²) in [5.74, 6) is 0. The van der Waals surface area contributed by atoms with Crippen LogP contribution in [0.3, 0.4) is 0 Å². The second-order valence-corrected chi connectivity index (χ2v) is 6.75. The molecule has 1 aliphatic heterocycles. The largest absolute Gasteiger partial charge is 0.380 e. The summed E-state index contributed by atoms with van der Waals surface area (Å²) in [5, 5.41) is 3.69. The predicted octanol–water partition coefficient (Wildman–Crippen LogP) is 2.12. The highest BCUT2D eigenvalue weighted by atomic mass is 16.5. The molecule has 1 atom stereocenters. The lowest BCUT2D eigenvalue weighted by molar-refractivity contribution is 0.0116. The van der Waals surface area contributed by atoms with Gasteiger partial charge in [-0.25, -0.2) is 0 Å². The first-order valence-electron chi connectivity index (χ1n) is 6.83. The Hall–Kier alpha value is -0.120. The molecule has 0 aromatic rings. The highest BCUT2D eigenvalue weighted by Gasteiger charge is 2.37. The molecule has 0 saturated carbocycles. The average molecular weight is 242 g/mol. The Morgan fingerprint density at radius 2 is 2.00 bits per heavy atom. The maximum absolute atomic E-state index is 5.49. The van der Waals surface area contributed by atoms with Gasteiger partial charge in [0.25, 0.3) is 0 Å². The molecule has 1 unspecified atom stereocenters. The molecule has 1 saturated heterocycles. The number of piperazine rings is 1. The molecular weight excluding hydrogens is 212 g/mol. The molecule has 102 valence electrons. The third-order valence-electron chi connectivity index (χ3n) is 3.80. The maximum atomic E-state index is 5.49. The Morgan fingerprint density at radius 3 is 2.53 bits per heavy atom. The van der Waals surface area contributed by atoms with Gasteiger partial charge in [-0.15, -0.1) is 0 Å². The van der Waals surface area contributed by atoms with Crippen LogP contribution in [0, 0.1) is 5.41 Å². The van der Waals surface area contributed by atoms with E-state index in [0.29, 0.717) is 11.5 Å². The van der Waals surface area contributed by atoms with Crippen molar-refractivity contribution in [2.75, 3.05) is 32.8 Å². The van der Waals surface area contributed by atoms with E-state index in [1.165, 1.54) is 0 Å². The molecule has 0 radical (unpaired) electrons. The number of ether oxygens (including phenoxy) is 1. The fourth-order valence-electron chi connectivity index (χ4n) is 2.31. The van der Waals surface area contributed by atoms with Crippen LogP contribution in [0.1, 0.15) is 41.5 Å². The molecule has 1 fully saturated rings. The van der Waals surface area contributed by atoms with Crippen molar-refractivity contribution in [3.05, 3.63) is 0 Å². The number of hydrogen-bond acceptors (Lipinski definition) is 3. The highest BCUT2D eigenvalue weighted by molar-refractivity contribution is 4.96. The number of nitrogens with one attached hydrogen (secondary N) is 1.